The smallest absolute Gasteiger partial charge is 0.271 e. The number of H-pyrrole nitrogens is 1. The molecule has 8 nitrogen and oxygen atoms in total. The number of hydrogen-bond donors (Lipinski definition) is 2. The second kappa shape index (κ2) is 8.14. The molecule has 0 aliphatic carbocycles. The molecule has 0 aliphatic rings. The molecule has 1 heterocycles. The number of imidazole rings is 1. The molecule has 4 rings (SSSR count). The molecule has 0 atom stereocenters. The van der Waals surface area contributed by atoms with Crippen molar-refractivity contribution in [2.75, 3.05) is 0 Å². The van der Waals surface area contributed by atoms with Crippen molar-refractivity contribution in [3.05, 3.63) is 93.0 Å². The van der Waals surface area contributed by atoms with Crippen LogP contribution in [0.4, 0.5) is 5.69 Å². The average molecular weight is 420 g/mol. The molecular weight excluding hydrogens is 406 g/mol. The van der Waals surface area contributed by atoms with Crippen LogP contribution in [0.15, 0.2) is 71.8 Å². The Morgan fingerprint density at radius 1 is 1.10 bits per heavy atom. The fourth-order valence-corrected chi connectivity index (χ4v) is 2.93. The lowest BCUT2D eigenvalue weighted by molar-refractivity contribution is -0.384. The predicted octanol–water partition coefficient (Wildman–Crippen LogP) is 4.56. The van der Waals surface area contributed by atoms with Crippen molar-refractivity contribution in [1.82, 2.24) is 15.4 Å². The summed E-state index contributed by atoms with van der Waals surface area (Å²) >= 11 is 5.83. The lowest BCUT2D eigenvalue weighted by atomic mass is 10.2. The van der Waals surface area contributed by atoms with Crippen LogP contribution in [0.3, 0.4) is 0 Å². The number of aromatic amines is 1. The van der Waals surface area contributed by atoms with Crippen LogP contribution in [0.2, 0.25) is 5.02 Å². The second-order valence-corrected chi connectivity index (χ2v) is 6.81. The summed E-state index contributed by atoms with van der Waals surface area (Å²) in [6.45, 7) is 0. The van der Waals surface area contributed by atoms with Gasteiger partial charge in [-0.05, 0) is 48.0 Å². The van der Waals surface area contributed by atoms with Gasteiger partial charge in [0.2, 0.25) is 0 Å². The number of hydrogen-bond acceptors (Lipinski definition) is 5. The van der Waals surface area contributed by atoms with Crippen LogP contribution in [0.1, 0.15) is 15.9 Å². The molecule has 1 amide bonds. The number of amides is 1. The van der Waals surface area contributed by atoms with E-state index in [0.29, 0.717) is 33.0 Å². The molecule has 1 aromatic heterocycles. The third-order valence-electron chi connectivity index (χ3n) is 4.35. The Morgan fingerprint density at radius 3 is 2.53 bits per heavy atom. The zero-order chi connectivity index (χ0) is 21.1. The second-order valence-electron chi connectivity index (χ2n) is 6.37. The number of non-ortho nitro benzene ring substituents is 1. The average Bonchev–Trinajstić information content (AvgIpc) is 3.18. The van der Waals surface area contributed by atoms with Crippen molar-refractivity contribution in [3.63, 3.8) is 0 Å². The first kappa shape index (κ1) is 19.3. The van der Waals surface area contributed by atoms with Gasteiger partial charge in [0.05, 0.1) is 22.2 Å². The molecule has 2 N–H and O–H groups in total. The Bertz CT molecular complexity index is 1260. The summed E-state index contributed by atoms with van der Waals surface area (Å²) in [7, 11) is 0. The minimum Gasteiger partial charge on any atom is -0.338 e. The first-order valence-corrected chi connectivity index (χ1v) is 9.21. The minimum absolute atomic E-state index is 0.00738. The number of nitrogens with one attached hydrogen (secondary N) is 2. The van der Waals surface area contributed by atoms with Gasteiger partial charge in [0.1, 0.15) is 5.82 Å². The lowest BCUT2D eigenvalue weighted by Gasteiger charge is -2.00. The van der Waals surface area contributed by atoms with Crippen LogP contribution in [0.5, 0.6) is 0 Å². The highest BCUT2D eigenvalue weighted by Crippen LogP contribution is 2.23. The van der Waals surface area contributed by atoms with Gasteiger partial charge in [-0.25, -0.2) is 10.4 Å². The van der Waals surface area contributed by atoms with E-state index in [-0.39, 0.29) is 11.6 Å². The van der Waals surface area contributed by atoms with E-state index in [1.165, 1.54) is 18.3 Å². The van der Waals surface area contributed by atoms with E-state index in [4.69, 9.17) is 11.6 Å². The summed E-state index contributed by atoms with van der Waals surface area (Å²) in [5, 5.41) is 15.4. The highest BCUT2D eigenvalue weighted by molar-refractivity contribution is 6.30. The minimum atomic E-state index is -0.456. The van der Waals surface area contributed by atoms with Gasteiger partial charge in [-0.2, -0.15) is 5.10 Å². The molecule has 0 spiro atoms. The van der Waals surface area contributed by atoms with E-state index in [1.54, 1.807) is 54.6 Å². The van der Waals surface area contributed by atoms with Crippen LogP contribution in [-0.2, 0) is 0 Å². The molecule has 0 fully saturated rings. The number of rotatable bonds is 5. The van der Waals surface area contributed by atoms with E-state index in [9.17, 15) is 14.9 Å². The van der Waals surface area contributed by atoms with E-state index >= 15 is 0 Å². The number of nitrogens with zero attached hydrogens (tertiary/aromatic N) is 3. The van der Waals surface area contributed by atoms with Gasteiger partial charge in [0.15, 0.2) is 0 Å². The van der Waals surface area contributed by atoms with E-state index in [0.717, 1.165) is 5.56 Å². The fraction of sp³-hybridized carbons (Fsp3) is 0. The summed E-state index contributed by atoms with van der Waals surface area (Å²) in [6, 6.07) is 18.2. The van der Waals surface area contributed by atoms with Crippen LogP contribution in [0.25, 0.3) is 22.4 Å². The number of nitro benzene ring substituents is 1. The first-order chi connectivity index (χ1) is 14.5. The van der Waals surface area contributed by atoms with Gasteiger partial charge in [-0.3, -0.25) is 14.9 Å². The topological polar surface area (TPSA) is 113 Å². The zero-order valence-corrected chi connectivity index (χ0v) is 16.1. The molecular formula is C21H14ClN5O3. The Kier molecular flexibility index (Phi) is 5.23. The van der Waals surface area contributed by atoms with Crippen molar-refractivity contribution in [3.8, 4) is 11.4 Å². The Labute approximate surface area is 175 Å². The Balaban J connectivity index is 1.50. The number of hydrazone groups is 1. The highest BCUT2D eigenvalue weighted by Gasteiger charge is 2.11. The van der Waals surface area contributed by atoms with Gasteiger partial charge in [-0.1, -0.05) is 23.7 Å². The Morgan fingerprint density at radius 2 is 1.83 bits per heavy atom. The van der Waals surface area contributed by atoms with Gasteiger partial charge in [0, 0.05) is 28.3 Å². The monoisotopic (exact) mass is 419 g/mol. The van der Waals surface area contributed by atoms with Crippen molar-refractivity contribution in [2.45, 2.75) is 0 Å². The molecule has 0 saturated heterocycles. The first-order valence-electron chi connectivity index (χ1n) is 8.83. The molecule has 9 heteroatoms. The Hall–Kier alpha value is -4.04. The number of halogens is 1. The molecule has 0 bridgehead atoms. The maximum Gasteiger partial charge on any atom is 0.271 e. The molecule has 4 aromatic rings. The molecule has 0 radical (unpaired) electrons. The van der Waals surface area contributed by atoms with Gasteiger partial charge in [0.25, 0.3) is 11.6 Å². The van der Waals surface area contributed by atoms with Gasteiger partial charge >= 0.3 is 0 Å². The predicted molar refractivity (Wildman–Crippen MR) is 115 cm³/mol. The van der Waals surface area contributed by atoms with Crippen LogP contribution >= 0.6 is 11.6 Å². The van der Waals surface area contributed by atoms with Crippen molar-refractivity contribution in [2.24, 2.45) is 5.10 Å². The summed E-state index contributed by atoms with van der Waals surface area (Å²) in [4.78, 5) is 30.3. The van der Waals surface area contributed by atoms with Crippen molar-refractivity contribution < 1.29 is 9.72 Å². The summed E-state index contributed by atoms with van der Waals surface area (Å²) in [5.74, 6) is 0.187. The van der Waals surface area contributed by atoms with Gasteiger partial charge in [-0.15, -0.1) is 0 Å². The van der Waals surface area contributed by atoms with Crippen molar-refractivity contribution in [1.29, 1.82) is 0 Å². The molecule has 3 aromatic carbocycles. The normalized spacial score (nSPS) is 11.1. The SMILES string of the molecule is O=C(N/N=C/c1ccc(Cl)cc1)c1ccc2nc(-c3ccc([N+](=O)[O-])cc3)[nH]c2c1. The molecule has 30 heavy (non-hydrogen) atoms. The number of carbonyl (C=O) groups is 1. The fourth-order valence-electron chi connectivity index (χ4n) is 2.81. The largest absolute Gasteiger partial charge is 0.338 e. The van der Waals surface area contributed by atoms with Crippen LogP contribution < -0.4 is 5.43 Å². The number of benzene rings is 3. The van der Waals surface area contributed by atoms with Crippen molar-refractivity contribution >= 4 is 40.4 Å². The van der Waals surface area contributed by atoms with Gasteiger partial charge < -0.3 is 4.98 Å². The third kappa shape index (κ3) is 4.18. The van der Waals surface area contributed by atoms with E-state index in [1.807, 2.05) is 0 Å². The van der Waals surface area contributed by atoms with E-state index < -0.39 is 4.92 Å². The maximum absolute atomic E-state index is 12.4. The summed E-state index contributed by atoms with van der Waals surface area (Å²) < 4.78 is 0. The standard InChI is InChI=1S/C21H14ClN5O3/c22-16-6-1-13(2-7-16)12-23-26-21(28)15-5-10-18-19(11-15)25-20(24-18)14-3-8-17(9-4-14)27(29)30/h1-12H,(H,24,25)(H,26,28)/b23-12+. The third-order valence-corrected chi connectivity index (χ3v) is 4.60. The van der Waals surface area contributed by atoms with Crippen LogP contribution in [0, 0.1) is 10.1 Å². The number of aromatic nitrogens is 2. The molecule has 0 aliphatic heterocycles. The summed E-state index contributed by atoms with van der Waals surface area (Å²) in [6.07, 6.45) is 1.52. The molecule has 0 unspecified atom stereocenters. The molecule has 148 valence electrons. The van der Waals surface area contributed by atoms with Crippen LogP contribution in [-0.4, -0.2) is 27.0 Å². The lowest BCUT2D eigenvalue weighted by Crippen LogP contribution is -2.17. The number of carbonyl (C=O) groups excluding carboxylic acids is 1. The maximum atomic E-state index is 12.4. The quantitative estimate of drug-likeness (QED) is 0.280. The summed E-state index contributed by atoms with van der Waals surface area (Å²) in [5.41, 5.74) is 5.74. The zero-order valence-electron chi connectivity index (χ0n) is 15.4. The number of nitro groups is 1. The molecule has 0 saturated carbocycles. The van der Waals surface area contributed by atoms with E-state index in [2.05, 4.69) is 20.5 Å². The number of fused-ring (bicyclic) bond motifs is 1. The highest BCUT2D eigenvalue weighted by atomic mass is 35.5.